The monoisotopic (exact) mass is 346 g/mol. The Balaban J connectivity index is 1.60. The number of amides is 2. The summed E-state index contributed by atoms with van der Waals surface area (Å²) in [5.74, 6) is 1.03. The van der Waals surface area contributed by atoms with Crippen LogP contribution < -0.4 is 5.32 Å². The fraction of sp³-hybridized carbons (Fsp3) is 0.700. The molecule has 5 nitrogen and oxygen atoms in total. The topological polar surface area (TPSA) is 58.6 Å². The van der Waals surface area contributed by atoms with E-state index in [1.807, 2.05) is 20.8 Å². The van der Waals surface area contributed by atoms with Crippen LogP contribution in [0.3, 0.4) is 0 Å². The first-order valence-corrected chi connectivity index (χ1v) is 9.43. The zero-order valence-electron chi connectivity index (χ0n) is 15.8. The molecule has 3 rings (SSSR count). The maximum atomic E-state index is 12.6. The molecule has 2 aliphatic heterocycles. The van der Waals surface area contributed by atoms with Crippen LogP contribution in [0, 0.1) is 17.8 Å². The van der Waals surface area contributed by atoms with E-state index in [1.54, 1.807) is 4.90 Å². The zero-order chi connectivity index (χ0) is 18.2. The average Bonchev–Trinajstić information content (AvgIpc) is 2.53. The van der Waals surface area contributed by atoms with Crippen LogP contribution in [-0.2, 0) is 9.53 Å². The van der Waals surface area contributed by atoms with Crippen LogP contribution in [0.15, 0.2) is 23.4 Å². The Bertz CT molecular complexity index is 607. The summed E-state index contributed by atoms with van der Waals surface area (Å²) in [7, 11) is 0. The summed E-state index contributed by atoms with van der Waals surface area (Å²) in [5, 5.41) is 3.11. The summed E-state index contributed by atoms with van der Waals surface area (Å²) in [5.41, 5.74) is 1.94. The molecule has 0 saturated carbocycles. The van der Waals surface area contributed by atoms with Crippen molar-refractivity contribution in [1.29, 1.82) is 0 Å². The second kappa shape index (κ2) is 6.85. The molecule has 0 aromatic rings. The third kappa shape index (κ3) is 4.07. The van der Waals surface area contributed by atoms with Gasteiger partial charge in [0, 0.05) is 24.7 Å². The Morgan fingerprint density at radius 2 is 1.96 bits per heavy atom. The summed E-state index contributed by atoms with van der Waals surface area (Å²) in [6, 6.07) is 0. The van der Waals surface area contributed by atoms with E-state index in [0.717, 1.165) is 31.4 Å². The summed E-state index contributed by atoms with van der Waals surface area (Å²) in [6.07, 6.45) is 7.60. The first kappa shape index (κ1) is 18.0. The van der Waals surface area contributed by atoms with E-state index < -0.39 is 5.60 Å². The summed E-state index contributed by atoms with van der Waals surface area (Å²) in [6.45, 7) is 9.23. The fourth-order valence-corrected chi connectivity index (χ4v) is 4.08. The molecule has 2 amide bonds. The number of hydrogen-bond donors (Lipinski definition) is 1. The molecule has 0 aromatic carbocycles. The van der Waals surface area contributed by atoms with Gasteiger partial charge in [-0.3, -0.25) is 4.79 Å². The Kier molecular flexibility index (Phi) is 4.94. The molecule has 3 aliphatic rings. The second-order valence-electron chi connectivity index (χ2n) is 8.58. The van der Waals surface area contributed by atoms with Gasteiger partial charge in [-0.25, -0.2) is 4.79 Å². The zero-order valence-corrected chi connectivity index (χ0v) is 15.8. The normalized spacial score (nSPS) is 27.8. The molecular weight excluding hydrogens is 316 g/mol. The van der Waals surface area contributed by atoms with Gasteiger partial charge in [0.2, 0.25) is 5.91 Å². The Morgan fingerprint density at radius 1 is 1.28 bits per heavy atom. The van der Waals surface area contributed by atoms with Gasteiger partial charge in [0.15, 0.2) is 0 Å². The molecule has 2 atom stereocenters. The number of nitrogens with one attached hydrogen (secondary N) is 1. The van der Waals surface area contributed by atoms with Gasteiger partial charge in [0.05, 0.1) is 0 Å². The van der Waals surface area contributed by atoms with Gasteiger partial charge in [-0.1, -0.05) is 13.0 Å². The van der Waals surface area contributed by atoms with Gasteiger partial charge in [-0.2, -0.15) is 0 Å². The highest BCUT2D eigenvalue weighted by Gasteiger charge is 2.38. The van der Waals surface area contributed by atoms with E-state index in [4.69, 9.17) is 4.74 Å². The first-order valence-electron chi connectivity index (χ1n) is 9.43. The molecule has 1 saturated heterocycles. The number of hydrogen-bond acceptors (Lipinski definition) is 3. The lowest BCUT2D eigenvalue weighted by Gasteiger charge is -2.39. The van der Waals surface area contributed by atoms with Crippen LogP contribution in [0.25, 0.3) is 0 Å². The highest BCUT2D eigenvalue weighted by Crippen LogP contribution is 2.38. The van der Waals surface area contributed by atoms with E-state index >= 15 is 0 Å². The van der Waals surface area contributed by atoms with Gasteiger partial charge in [0.25, 0.3) is 0 Å². The number of carbonyl (C=O) groups excluding carboxylic acids is 2. The van der Waals surface area contributed by atoms with Gasteiger partial charge < -0.3 is 15.0 Å². The smallest absolute Gasteiger partial charge is 0.410 e. The number of piperidine rings is 1. The summed E-state index contributed by atoms with van der Waals surface area (Å²) < 4.78 is 5.46. The third-order valence-corrected chi connectivity index (χ3v) is 5.51. The van der Waals surface area contributed by atoms with Crippen molar-refractivity contribution in [3.63, 3.8) is 0 Å². The van der Waals surface area contributed by atoms with Crippen LogP contribution in [0.4, 0.5) is 4.79 Å². The Morgan fingerprint density at radius 3 is 2.60 bits per heavy atom. The van der Waals surface area contributed by atoms with E-state index in [-0.39, 0.29) is 17.9 Å². The minimum Gasteiger partial charge on any atom is -0.444 e. The second-order valence-corrected chi connectivity index (χ2v) is 8.58. The van der Waals surface area contributed by atoms with E-state index in [0.29, 0.717) is 24.9 Å². The lowest BCUT2D eigenvalue weighted by Crippen LogP contribution is -2.46. The predicted octanol–water partition coefficient (Wildman–Crippen LogP) is 3.62. The molecule has 2 unspecified atom stereocenters. The molecule has 138 valence electrons. The Labute approximate surface area is 150 Å². The molecule has 1 aliphatic carbocycles. The van der Waals surface area contributed by atoms with E-state index in [2.05, 4.69) is 24.4 Å². The van der Waals surface area contributed by atoms with Gasteiger partial charge in [0.1, 0.15) is 5.60 Å². The van der Waals surface area contributed by atoms with Gasteiger partial charge in [-0.15, -0.1) is 0 Å². The predicted molar refractivity (Wildman–Crippen MR) is 96.7 cm³/mol. The lowest BCUT2D eigenvalue weighted by molar-refractivity contribution is -0.127. The van der Waals surface area contributed by atoms with Crippen molar-refractivity contribution >= 4 is 12.0 Å². The lowest BCUT2D eigenvalue weighted by atomic mass is 9.74. The van der Waals surface area contributed by atoms with E-state index in [1.165, 1.54) is 5.57 Å². The van der Waals surface area contributed by atoms with Crippen molar-refractivity contribution in [3.8, 4) is 0 Å². The van der Waals surface area contributed by atoms with Gasteiger partial charge >= 0.3 is 6.09 Å². The van der Waals surface area contributed by atoms with Crippen molar-refractivity contribution in [1.82, 2.24) is 10.2 Å². The maximum Gasteiger partial charge on any atom is 0.410 e. The molecule has 0 radical (unpaired) electrons. The number of carbonyl (C=O) groups is 2. The van der Waals surface area contributed by atoms with Crippen LogP contribution >= 0.6 is 0 Å². The van der Waals surface area contributed by atoms with Crippen molar-refractivity contribution in [2.75, 3.05) is 13.1 Å². The van der Waals surface area contributed by atoms with Crippen molar-refractivity contribution in [2.45, 2.75) is 59.0 Å². The van der Waals surface area contributed by atoms with Crippen LogP contribution in [0.5, 0.6) is 0 Å². The maximum absolute atomic E-state index is 12.6. The minimum atomic E-state index is -0.468. The molecule has 5 heteroatoms. The molecular formula is C20H30N2O3. The fourth-order valence-electron chi connectivity index (χ4n) is 4.08. The Hall–Kier alpha value is -1.78. The van der Waals surface area contributed by atoms with Crippen LogP contribution in [-0.4, -0.2) is 35.6 Å². The molecule has 25 heavy (non-hydrogen) atoms. The number of ether oxygens (including phenoxy) is 1. The largest absolute Gasteiger partial charge is 0.444 e. The SMILES string of the molecule is CC1CC=CC2=C1CC(C1CCN(C(=O)OC(C)(C)C)CC1)C(=O)N2. The highest BCUT2D eigenvalue weighted by molar-refractivity contribution is 5.83. The number of rotatable bonds is 1. The molecule has 1 N–H and O–H groups in total. The minimum absolute atomic E-state index is 0.0356. The van der Waals surface area contributed by atoms with Crippen molar-refractivity contribution < 1.29 is 14.3 Å². The quantitative estimate of drug-likeness (QED) is 0.789. The number of likely N-dealkylation sites (tertiary alicyclic amines) is 1. The third-order valence-electron chi connectivity index (χ3n) is 5.51. The molecule has 0 bridgehead atoms. The van der Waals surface area contributed by atoms with Crippen LogP contribution in [0.2, 0.25) is 0 Å². The van der Waals surface area contributed by atoms with Crippen LogP contribution in [0.1, 0.15) is 53.4 Å². The summed E-state index contributed by atoms with van der Waals surface area (Å²) in [4.78, 5) is 26.6. The average molecular weight is 346 g/mol. The molecule has 0 aromatic heterocycles. The molecule has 2 heterocycles. The standard InChI is InChI=1S/C20H30N2O3/c1-13-6-5-7-17-15(13)12-16(18(23)21-17)14-8-10-22(11-9-14)19(24)25-20(2,3)4/h5,7,13-14,16H,6,8-12H2,1-4H3,(H,21,23). The van der Waals surface area contributed by atoms with Gasteiger partial charge in [-0.05, 0) is 69.9 Å². The first-order chi connectivity index (χ1) is 11.7. The number of allylic oxidation sites excluding steroid dienone is 3. The van der Waals surface area contributed by atoms with Crippen molar-refractivity contribution in [2.24, 2.45) is 17.8 Å². The summed E-state index contributed by atoms with van der Waals surface area (Å²) >= 11 is 0. The molecule has 1 fully saturated rings. The number of nitrogens with zero attached hydrogens (tertiary/aromatic N) is 1. The van der Waals surface area contributed by atoms with E-state index in [9.17, 15) is 9.59 Å². The van der Waals surface area contributed by atoms with Crippen molar-refractivity contribution in [3.05, 3.63) is 23.4 Å². The molecule has 0 spiro atoms. The highest BCUT2D eigenvalue weighted by atomic mass is 16.6.